The van der Waals surface area contributed by atoms with Gasteiger partial charge < -0.3 is 25.4 Å². The van der Waals surface area contributed by atoms with Gasteiger partial charge in [-0.05, 0) is 30.3 Å². The molecule has 1 heterocycles. The Hall–Kier alpha value is -3.59. The molecule has 0 saturated carbocycles. The van der Waals surface area contributed by atoms with E-state index in [2.05, 4.69) is 25.9 Å². The van der Waals surface area contributed by atoms with Crippen molar-refractivity contribution >= 4 is 40.6 Å². The number of para-hydroxylation sites is 1. The van der Waals surface area contributed by atoms with Crippen LogP contribution >= 0.6 is 11.6 Å². The molecule has 0 aliphatic rings. The summed E-state index contributed by atoms with van der Waals surface area (Å²) in [6.07, 6.45) is 1.03. The number of ether oxygens (including phenoxy) is 2. The molecule has 0 atom stereocenters. The van der Waals surface area contributed by atoms with Gasteiger partial charge in [-0.1, -0.05) is 17.7 Å². The fraction of sp³-hybridized carbons (Fsp3) is 0.150. The third-order valence-electron chi connectivity index (χ3n) is 4.10. The molecule has 0 unspecified atom stereocenters. The van der Waals surface area contributed by atoms with Crippen molar-refractivity contribution in [1.82, 2.24) is 15.3 Å². The number of carbonyl (C=O) groups is 1. The van der Waals surface area contributed by atoms with Gasteiger partial charge in [0, 0.05) is 12.7 Å². The van der Waals surface area contributed by atoms with Crippen molar-refractivity contribution in [3.8, 4) is 11.5 Å². The second-order valence-corrected chi connectivity index (χ2v) is 6.36. The second kappa shape index (κ2) is 9.27. The van der Waals surface area contributed by atoms with Gasteiger partial charge in [-0.2, -0.15) is 4.98 Å². The first-order valence-electron chi connectivity index (χ1n) is 8.76. The highest BCUT2D eigenvalue weighted by molar-refractivity contribution is 6.32. The molecular formula is C20H19ClFN5O3. The van der Waals surface area contributed by atoms with Crippen LogP contribution in [-0.2, 0) is 0 Å². The van der Waals surface area contributed by atoms with E-state index in [1.807, 2.05) is 0 Å². The molecule has 3 rings (SSSR count). The van der Waals surface area contributed by atoms with E-state index < -0.39 is 5.82 Å². The molecular weight excluding hydrogens is 413 g/mol. The lowest BCUT2D eigenvalue weighted by molar-refractivity contribution is 0.0960. The van der Waals surface area contributed by atoms with Crippen LogP contribution in [-0.4, -0.2) is 37.1 Å². The summed E-state index contributed by atoms with van der Waals surface area (Å²) in [6, 6.07) is 9.90. The number of methoxy groups -OCH3 is 2. The number of aromatic nitrogens is 2. The Bertz CT molecular complexity index is 1080. The minimum absolute atomic E-state index is 0.0600. The van der Waals surface area contributed by atoms with E-state index in [4.69, 9.17) is 21.1 Å². The number of benzene rings is 2. The van der Waals surface area contributed by atoms with Crippen LogP contribution in [0, 0.1) is 5.82 Å². The lowest BCUT2D eigenvalue weighted by Crippen LogP contribution is -2.19. The standard InChI is InChI=1S/C20H19ClFN5O3/c1-23-19(28)12-5-4-6-15(17(12)30-3)26-20-24-10-14(22)18(27-20)25-11-7-8-16(29-2)13(21)9-11/h4-10H,1-3H3,(H,23,28)(H2,24,25,26,27). The Kier molecular flexibility index (Phi) is 6.53. The van der Waals surface area contributed by atoms with Gasteiger partial charge in [-0.3, -0.25) is 4.79 Å². The van der Waals surface area contributed by atoms with Gasteiger partial charge in [0.05, 0.1) is 36.7 Å². The number of halogens is 2. The van der Waals surface area contributed by atoms with Crippen LogP contribution in [0.25, 0.3) is 0 Å². The summed E-state index contributed by atoms with van der Waals surface area (Å²) in [6.45, 7) is 0. The van der Waals surface area contributed by atoms with E-state index in [1.165, 1.54) is 21.3 Å². The average molecular weight is 432 g/mol. The van der Waals surface area contributed by atoms with Crippen molar-refractivity contribution in [2.75, 3.05) is 31.9 Å². The van der Waals surface area contributed by atoms with Gasteiger partial charge in [0.25, 0.3) is 5.91 Å². The Morgan fingerprint density at radius 3 is 2.60 bits per heavy atom. The second-order valence-electron chi connectivity index (χ2n) is 5.95. The van der Waals surface area contributed by atoms with E-state index in [-0.39, 0.29) is 17.7 Å². The minimum atomic E-state index is -0.654. The maximum Gasteiger partial charge on any atom is 0.254 e. The molecule has 0 spiro atoms. The molecule has 0 bridgehead atoms. The van der Waals surface area contributed by atoms with Gasteiger partial charge in [0.1, 0.15) is 5.75 Å². The van der Waals surface area contributed by atoms with Crippen molar-refractivity contribution in [3.05, 3.63) is 59.0 Å². The molecule has 8 nitrogen and oxygen atoms in total. The summed E-state index contributed by atoms with van der Waals surface area (Å²) in [5.74, 6) is -0.120. The molecule has 2 aromatic carbocycles. The molecule has 1 aromatic heterocycles. The summed E-state index contributed by atoms with van der Waals surface area (Å²) in [5, 5.41) is 8.72. The highest BCUT2D eigenvalue weighted by Crippen LogP contribution is 2.32. The van der Waals surface area contributed by atoms with E-state index in [0.29, 0.717) is 33.5 Å². The van der Waals surface area contributed by atoms with Crippen LogP contribution in [0.2, 0.25) is 5.02 Å². The van der Waals surface area contributed by atoms with Gasteiger partial charge >= 0.3 is 0 Å². The Labute approximate surface area is 177 Å². The van der Waals surface area contributed by atoms with E-state index in [9.17, 15) is 9.18 Å². The zero-order valence-corrected chi connectivity index (χ0v) is 17.2. The third-order valence-corrected chi connectivity index (χ3v) is 4.39. The van der Waals surface area contributed by atoms with Crippen LogP contribution in [0.15, 0.2) is 42.6 Å². The molecule has 0 saturated heterocycles. The van der Waals surface area contributed by atoms with Crippen LogP contribution in [0.1, 0.15) is 10.4 Å². The zero-order chi connectivity index (χ0) is 21.7. The number of amides is 1. The first-order chi connectivity index (χ1) is 14.5. The maximum atomic E-state index is 14.3. The number of hydrogen-bond donors (Lipinski definition) is 3. The third kappa shape index (κ3) is 4.52. The first kappa shape index (κ1) is 21.1. The van der Waals surface area contributed by atoms with Crippen molar-refractivity contribution in [1.29, 1.82) is 0 Å². The lowest BCUT2D eigenvalue weighted by Gasteiger charge is -2.14. The first-order valence-corrected chi connectivity index (χ1v) is 9.13. The quantitative estimate of drug-likeness (QED) is 0.517. The number of anilines is 4. The largest absolute Gasteiger partial charge is 0.495 e. The predicted octanol–water partition coefficient (Wildman–Crippen LogP) is 4.13. The number of hydrogen-bond acceptors (Lipinski definition) is 7. The number of rotatable bonds is 7. The highest BCUT2D eigenvalue weighted by Gasteiger charge is 2.16. The smallest absolute Gasteiger partial charge is 0.254 e. The molecule has 0 fully saturated rings. The summed E-state index contributed by atoms with van der Waals surface area (Å²) in [4.78, 5) is 20.2. The SMILES string of the molecule is CNC(=O)c1cccc(Nc2ncc(F)c(Nc3ccc(OC)c(Cl)c3)n2)c1OC. The van der Waals surface area contributed by atoms with Crippen LogP contribution in [0.5, 0.6) is 11.5 Å². The van der Waals surface area contributed by atoms with Gasteiger partial charge in [0.2, 0.25) is 5.95 Å². The lowest BCUT2D eigenvalue weighted by atomic mass is 10.1. The van der Waals surface area contributed by atoms with Crippen molar-refractivity contribution in [3.63, 3.8) is 0 Å². The Morgan fingerprint density at radius 1 is 1.13 bits per heavy atom. The summed E-state index contributed by atoms with van der Waals surface area (Å²) in [7, 11) is 4.47. The van der Waals surface area contributed by atoms with Crippen molar-refractivity contribution in [2.45, 2.75) is 0 Å². The number of carbonyl (C=O) groups excluding carboxylic acids is 1. The maximum absolute atomic E-state index is 14.3. The molecule has 0 aliphatic heterocycles. The summed E-state index contributed by atoms with van der Waals surface area (Å²) < 4.78 is 24.7. The summed E-state index contributed by atoms with van der Waals surface area (Å²) in [5.41, 5.74) is 1.30. The van der Waals surface area contributed by atoms with Gasteiger partial charge in [0.15, 0.2) is 17.4 Å². The highest BCUT2D eigenvalue weighted by atomic mass is 35.5. The normalized spacial score (nSPS) is 10.3. The fourth-order valence-corrected chi connectivity index (χ4v) is 2.94. The molecule has 0 radical (unpaired) electrons. The number of nitrogens with zero attached hydrogens (tertiary/aromatic N) is 2. The molecule has 156 valence electrons. The minimum Gasteiger partial charge on any atom is -0.495 e. The summed E-state index contributed by atoms with van der Waals surface area (Å²) >= 11 is 6.11. The Morgan fingerprint density at radius 2 is 1.93 bits per heavy atom. The van der Waals surface area contributed by atoms with Crippen LogP contribution in [0.4, 0.5) is 27.5 Å². The molecule has 3 N–H and O–H groups in total. The molecule has 1 amide bonds. The fourth-order valence-electron chi connectivity index (χ4n) is 2.69. The van der Waals surface area contributed by atoms with Gasteiger partial charge in [-0.15, -0.1) is 0 Å². The van der Waals surface area contributed by atoms with Crippen LogP contribution in [0.3, 0.4) is 0 Å². The molecule has 3 aromatic rings. The average Bonchev–Trinajstić information content (AvgIpc) is 2.75. The predicted molar refractivity (Wildman–Crippen MR) is 113 cm³/mol. The Balaban J connectivity index is 1.89. The van der Waals surface area contributed by atoms with E-state index in [1.54, 1.807) is 36.4 Å². The van der Waals surface area contributed by atoms with Crippen molar-refractivity contribution < 1.29 is 18.7 Å². The van der Waals surface area contributed by atoms with E-state index >= 15 is 0 Å². The molecule has 0 aliphatic carbocycles. The zero-order valence-electron chi connectivity index (χ0n) is 16.4. The van der Waals surface area contributed by atoms with E-state index in [0.717, 1.165) is 6.20 Å². The van der Waals surface area contributed by atoms with Gasteiger partial charge in [-0.25, -0.2) is 9.37 Å². The number of nitrogens with one attached hydrogen (secondary N) is 3. The van der Waals surface area contributed by atoms with Crippen LogP contribution < -0.4 is 25.4 Å². The molecule has 10 heteroatoms. The molecule has 30 heavy (non-hydrogen) atoms. The topological polar surface area (TPSA) is 97.4 Å². The van der Waals surface area contributed by atoms with Crippen molar-refractivity contribution in [2.24, 2.45) is 0 Å². The monoisotopic (exact) mass is 431 g/mol.